The Morgan fingerprint density at radius 3 is 2.50 bits per heavy atom. The molecule has 2 rings (SSSR count). The molecule has 2 fully saturated rings. The molecule has 1 unspecified atom stereocenters. The topological polar surface area (TPSA) is 63.2 Å². The Morgan fingerprint density at radius 1 is 1.17 bits per heavy atom. The van der Waals surface area contributed by atoms with Crippen LogP contribution in [0.5, 0.6) is 0 Å². The number of thioether (sulfide) groups is 1. The third-order valence-corrected chi connectivity index (χ3v) is 6.89. The van der Waals surface area contributed by atoms with Crippen LogP contribution in [0, 0.1) is 0 Å². The minimum Gasteiger partial charge on any atom is -0.353 e. The van der Waals surface area contributed by atoms with Crippen molar-refractivity contribution >= 4 is 27.5 Å². The number of carbonyl (C=O) groups excluding carboxylic acids is 1. The molecule has 1 saturated heterocycles. The molecule has 1 atom stereocenters. The zero-order valence-electron chi connectivity index (χ0n) is 10.6. The third kappa shape index (κ3) is 4.46. The van der Waals surface area contributed by atoms with Gasteiger partial charge in [-0.05, 0) is 19.3 Å². The van der Waals surface area contributed by atoms with E-state index in [1.807, 2.05) is 0 Å². The number of hydrogen-bond donors (Lipinski definition) is 1. The van der Waals surface area contributed by atoms with Crippen LogP contribution in [0.25, 0.3) is 0 Å². The van der Waals surface area contributed by atoms with Gasteiger partial charge < -0.3 is 5.32 Å². The molecule has 0 aromatic carbocycles. The molecule has 6 heteroatoms. The Balaban J connectivity index is 1.65. The van der Waals surface area contributed by atoms with Crippen molar-refractivity contribution in [2.75, 3.05) is 17.3 Å². The Bertz CT molecular complexity index is 388. The van der Waals surface area contributed by atoms with Gasteiger partial charge in [0.25, 0.3) is 0 Å². The standard InChI is InChI=1S/C12H21NO3S2/c14-12(13-10-4-2-1-3-5-10)8-17-11-6-7-18(15,16)9-11/h10-11H,1-9H2,(H,13,14). The number of carbonyl (C=O) groups is 1. The van der Waals surface area contributed by atoms with Gasteiger partial charge in [-0.15, -0.1) is 11.8 Å². The van der Waals surface area contributed by atoms with Gasteiger partial charge >= 0.3 is 0 Å². The van der Waals surface area contributed by atoms with Crippen LogP contribution >= 0.6 is 11.8 Å². The van der Waals surface area contributed by atoms with Crippen molar-refractivity contribution in [2.45, 2.75) is 49.8 Å². The molecule has 104 valence electrons. The average Bonchev–Trinajstić information content (AvgIpc) is 2.68. The maximum atomic E-state index is 11.7. The second-order valence-corrected chi connectivity index (χ2v) is 8.76. The number of rotatable bonds is 4. The minimum absolute atomic E-state index is 0.0659. The van der Waals surface area contributed by atoms with E-state index in [1.165, 1.54) is 31.0 Å². The van der Waals surface area contributed by atoms with Crippen LogP contribution in [0.2, 0.25) is 0 Å². The van der Waals surface area contributed by atoms with Gasteiger partial charge in [0.1, 0.15) is 0 Å². The molecule has 4 nitrogen and oxygen atoms in total. The summed E-state index contributed by atoms with van der Waals surface area (Å²) in [6, 6.07) is 0.346. The van der Waals surface area contributed by atoms with E-state index in [9.17, 15) is 13.2 Å². The van der Waals surface area contributed by atoms with Crippen LogP contribution in [0.1, 0.15) is 38.5 Å². The Labute approximate surface area is 113 Å². The summed E-state index contributed by atoms with van der Waals surface area (Å²) in [7, 11) is -2.82. The van der Waals surface area contributed by atoms with Crippen LogP contribution in [0.4, 0.5) is 0 Å². The molecule has 0 spiro atoms. The summed E-state index contributed by atoms with van der Waals surface area (Å²) < 4.78 is 22.6. The van der Waals surface area contributed by atoms with E-state index in [2.05, 4.69) is 5.32 Å². The molecular weight excluding hydrogens is 270 g/mol. The first-order valence-corrected chi connectivity index (χ1v) is 9.53. The molecule has 2 aliphatic rings. The van der Waals surface area contributed by atoms with Crippen molar-refractivity contribution in [3.05, 3.63) is 0 Å². The lowest BCUT2D eigenvalue weighted by Crippen LogP contribution is -2.37. The quantitative estimate of drug-likeness (QED) is 0.849. The molecule has 1 aliphatic heterocycles. The molecule has 1 amide bonds. The van der Waals surface area contributed by atoms with Crippen LogP contribution in [0.15, 0.2) is 0 Å². The normalized spacial score (nSPS) is 28.1. The van der Waals surface area contributed by atoms with E-state index >= 15 is 0 Å². The molecule has 1 aliphatic carbocycles. The van der Waals surface area contributed by atoms with Gasteiger partial charge in [0.15, 0.2) is 9.84 Å². The summed E-state index contributed by atoms with van der Waals surface area (Å²) in [6.07, 6.45) is 6.57. The molecule has 0 aromatic heterocycles. The maximum absolute atomic E-state index is 11.7. The van der Waals surface area contributed by atoms with Crippen molar-refractivity contribution in [1.82, 2.24) is 5.32 Å². The van der Waals surface area contributed by atoms with Crippen molar-refractivity contribution < 1.29 is 13.2 Å². The lowest BCUT2D eigenvalue weighted by Gasteiger charge is -2.22. The molecule has 0 bridgehead atoms. The van der Waals surface area contributed by atoms with Gasteiger partial charge in [0, 0.05) is 11.3 Å². The number of sulfone groups is 1. The van der Waals surface area contributed by atoms with Crippen LogP contribution in [0.3, 0.4) is 0 Å². The SMILES string of the molecule is O=C(CSC1CCS(=O)(=O)C1)NC1CCCCC1. The highest BCUT2D eigenvalue weighted by molar-refractivity contribution is 8.02. The summed E-state index contributed by atoms with van der Waals surface area (Å²) in [5.74, 6) is 0.996. The van der Waals surface area contributed by atoms with E-state index in [4.69, 9.17) is 0 Å². The zero-order chi connectivity index (χ0) is 13.0. The maximum Gasteiger partial charge on any atom is 0.230 e. The average molecular weight is 291 g/mol. The van der Waals surface area contributed by atoms with Gasteiger partial charge in [0.2, 0.25) is 5.91 Å². The molecule has 1 N–H and O–H groups in total. The first kappa shape index (κ1) is 14.2. The predicted octanol–water partition coefficient (Wildman–Crippen LogP) is 1.36. The van der Waals surface area contributed by atoms with Crippen molar-refractivity contribution in [1.29, 1.82) is 0 Å². The fraction of sp³-hybridized carbons (Fsp3) is 0.917. The van der Waals surface area contributed by atoms with Gasteiger partial charge in [-0.1, -0.05) is 19.3 Å². The van der Waals surface area contributed by atoms with E-state index < -0.39 is 9.84 Å². The highest BCUT2D eigenvalue weighted by Gasteiger charge is 2.28. The van der Waals surface area contributed by atoms with Crippen LogP contribution in [-0.2, 0) is 14.6 Å². The zero-order valence-corrected chi connectivity index (χ0v) is 12.2. The smallest absolute Gasteiger partial charge is 0.230 e. The molecule has 0 radical (unpaired) electrons. The second-order valence-electron chi connectivity index (χ2n) is 5.24. The van der Waals surface area contributed by atoms with E-state index in [-0.39, 0.29) is 22.7 Å². The van der Waals surface area contributed by atoms with Gasteiger partial charge in [0.05, 0.1) is 17.3 Å². The largest absolute Gasteiger partial charge is 0.353 e. The molecule has 1 saturated carbocycles. The number of hydrogen-bond acceptors (Lipinski definition) is 4. The molecular formula is C12H21NO3S2. The van der Waals surface area contributed by atoms with Crippen molar-refractivity contribution in [2.24, 2.45) is 0 Å². The molecule has 0 aromatic rings. The summed E-state index contributed by atoms with van der Waals surface area (Å²) in [5, 5.41) is 3.17. The first-order chi connectivity index (χ1) is 8.55. The fourth-order valence-corrected chi connectivity index (χ4v) is 6.06. The van der Waals surface area contributed by atoms with Gasteiger partial charge in [-0.25, -0.2) is 8.42 Å². The highest BCUT2D eigenvalue weighted by atomic mass is 32.2. The Kier molecular flexibility index (Phi) is 4.95. The minimum atomic E-state index is -2.82. The summed E-state index contributed by atoms with van der Waals surface area (Å²) >= 11 is 1.49. The van der Waals surface area contributed by atoms with Gasteiger partial charge in [-0.2, -0.15) is 0 Å². The van der Waals surface area contributed by atoms with Crippen LogP contribution < -0.4 is 5.32 Å². The van der Waals surface area contributed by atoms with Crippen molar-refractivity contribution in [3.8, 4) is 0 Å². The van der Waals surface area contributed by atoms with Crippen molar-refractivity contribution in [3.63, 3.8) is 0 Å². The number of nitrogens with one attached hydrogen (secondary N) is 1. The third-order valence-electron chi connectivity index (χ3n) is 3.61. The summed E-state index contributed by atoms with van der Waals surface area (Å²) in [5.41, 5.74) is 0. The molecule has 18 heavy (non-hydrogen) atoms. The number of amides is 1. The fourth-order valence-electron chi connectivity index (χ4n) is 2.60. The second kappa shape index (κ2) is 6.28. The Hall–Kier alpha value is -0.230. The summed E-state index contributed by atoms with van der Waals surface area (Å²) in [6.45, 7) is 0. The van der Waals surface area contributed by atoms with E-state index in [0.29, 0.717) is 18.2 Å². The lowest BCUT2D eigenvalue weighted by molar-refractivity contribution is -0.119. The van der Waals surface area contributed by atoms with Gasteiger partial charge in [-0.3, -0.25) is 4.79 Å². The monoisotopic (exact) mass is 291 g/mol. The molecule has 1 heterocycles. The first-order valence-electron chi connectivity index (χ1n) is 6.66. The lowest BCUT2D eigenvalue weighted by atomic mass is 9.95. The Morgan fingerprint density at radius 2 is 1.89 bits per heavy atom. The summed E-state index contributed by atoms with van der Waals surface area (Å²) in [4.78, 5) is 11.7. The van der Waals surface area contributed by atoms with Crippen LogP contribution in [-0.4, -0.2) is 42.9 Å². The van der Waals surface area contributed by atoms with E-state index in [1.54, 1.807) is 0 Å². The predicted molar refractivity (Wildman–Crippen MR) is 74.5 cm³/mol. The highest BCUT2D eigenvalue weighted by Crippen LogP contribution is 2.24. The van der Waals surface area contributed by atoms with E-state index in [0.717, 1.165) is 12.8 Å².